The van der Waals surface area contributed by atoms with Crippen LogP contribution in [0.15, 0.2) is 52.0 Å². The number of benzene rings is 1. The van der Waals surface area contributed by atoms with Gasteiger partial charge in [0.25, 0.3) is 15.9 Å². The Kier molecular flexibility index (Phi) is 11.3. The molecule has 2 fully saturated rings. The summed E-state index contributed by atoms with van der Waals surface area (Å²) in [5.41, 5.74) is -0.558. The van der Waals surface area contributed by atoms with Gasteiger partial charge in [-0.1, -0.05) is 43.2 Å². The van der Waals surface area contributed by atoms with E-state index in [0.717, 1.165) is 12.0 Å². The molecule has 15 nitrogen and oxygen atoms in total. The molecule has 0 spiro atoms. The Labute approximate surface area is 319 Å². The molecule has 17 heteroatoms. The van der Waals surface area contributed by atoms with Crippen LogP contribution in [0.25, 0.3) is 0 Å². The van der Waals surface area contributed by atoms with Crippen LogP contribution in [0, 0.1) is 12.8 Å². The number of carbonyl (C=O) groups is 5. The number of alkyl halides is 1. The normalized spacial score (nSPS) is 26.3. The zero-order chi connectivity index (χ0) is 39.7. The number of rotatable bonds is 6. The first kappa shape index (κ1) is 39.8. The van der Waals surface area contributed by atoms with Crippen molar-refractivity contribution < 1.29 is 50.7 Å². The van der Waals surface area contributed by atoms with Gasteiger partial charge in [-0.25, -0.2) is 18.7 Å². The summed E-state index contributed by atoms with van der Waals surface area (Å²) in [4.78, 5) is 71.6. The number of nitrogens with one attached hydrogen (secondary N) is 3. The van der Waals surface area contributed by atoms with E-state index in [4.69, 9.17) is 13.9 Å². The van der Waals surface area contributed by atoms with Crippen LogP contribution < -0.4 is 15.4 Å². The Balaban J connectivity index is 1.26. The number of furan rings is 1. The summed E-state index contributed by atoms with van der Waals surface area (Å²) in [7, 11) is -4.44. The number of hydrogen-bond donors (Lipinski definition) is 3. The first-order valence-corrected chi connectivity index (χ1v) is 20.0. The molecule has 1 saturated carbocycles. The Bertz CT molecular complexity index is 1980. The van der Waals surface area contributed by atoms with Crippen LogP contribution >= 0.6 is 0 Å². The van der Waals surface area contributed by atoms with Crippen LogP contribution in [0.2, 0.25) is 0 Å². The number of carbonyl (C=O) groups excluding carboxylic acids is 5. The number of amides is 5. The number of halogens is 1. The van der Waals surface area contributed by atoms with Crippen molar-refractivity contribution in [1.29, 1.82) is 0 Å². The van der Waals surface area contributed by atoms with Crippen molar-refractivity contribution in [2.45, 2.75) is 127 Å². The molecule has 3 aliphatic heterocycles. The lowest BCUT2D eigenvalue weighted by atomic mass is 10.0. The van der Waals surface area contributed by atoms with Gasteiger partial charge in [-0.2, -0.15) is 8.42 Å². The summed E-state index contributed by atoms with van der Waals surface area (Å²) >= 11 is 0. The van der Waals surface area contributed by atoms with E-state index in [2.05, 4.69) is 15.4 Å². The van der Waals surface area contributed by atoms with Gasteiger partial charge in [-0.3, -0.25) is 19.3 Å². The molecule has 0 radical (unpaired) electrons. The molecule has 55 heavy (non-hydrogen) atoms. The molecule has 1 aromatic heterocycles. The van der Waals surface area contributed by atoms with Crippen LogP contribution in [0.5, 0.6) is 0 Å². The third kappa shape index (κ3) is 8.97. The number of aryl methyl sites for hydroxylation is 1. The van der Waals surface area contributed by atoms with Crippen molar-refractivity contribution in [2.24, 2.45) is 5.92 Å². The van der Waals surface area contributed by atoms with Gasteiger partial charge >= 0.3 is 12.2 Å². The molecule has 4 aliphatic rings. The fourth-order valence-electron chi connectivity index (χ4n) is 7.40. The minimum Gasteiger partial charge on any atom is -0.448 e. The Hall–Kier alpha value is -4.93. The molecule has 1 aromatic carbocycles. The lowest BCUT2D eigenvalue weighted by Crippen LogP contribution is -2.58. The molecule has 1 aliphatic carbocycles. The van der Waals surface area contributed by atoms with E-state index in [1.54, 1.807) is 45.9 Å². The van der Waals surface area contributed by atoms with Gasteiger partial charge in [-0.15, -0.1) is 0 Å². The van der Waals surface area contributed by atoms with Crippen LogP contribution in [0.4, 0.5) is 14.0 Å². The molecule has 0 bridgehead atoms. The third-order valence-corrected chi connectivity index (χ3v) is 11.5. The highest BCUT2D eigenvalue weighted by Crippen LogP contribution is 2.46. The summed E-state index contributed by atoms with van der Waals surface area (Å²) in [6, 6.07) is 5.47. The molecule has 0 unspecified atom stereocenters. The summed E-state index contributed by atoms with van der Waals surface area (Å²) < 4.78 is 58.5. The number of hydrogen-bond acceptors (Lipinski definition) is 10. The highest BCUT2D eigenvalue weighted by atomic mass is 32.2. The number of sulfonamides is 1. The summed E-state index contributed by atoms with van der Waals surface area (Å²) in [5, 5.41) is 4.96. The molecule has 1 saturated heterocycles. The summed E-state index contributed by atoms with van der Waals surface area (Å²) in [6.45, 7) is 6.04. The highest BCUT2D eigenvalue weighted by molar-refractivity contribution is 7.89. The van der Waals surface area contributed by atoms with Gasteiger partial charge in [-0.05, 0) is 82.2 Å². The van der Waals surface area contributed by atoms with Gasteiger partial charge in [0, 0.05) is 18.9 Å². The lowest BCUT2D eigenvalue weighted by molar-refractivity contribution is -0.141. The van der Waals surface area contributed by atoms with Gasteiger partial charge in [0.05, 0.1) is 13.1 Å². The molecule has 5 atom stereocenters. The van der Waals surface area contributed by atoms with E-state index >= 15 is 0 Å². The van der Waals surface area contributed by atoms with Crippen molar-refractivity contribution in [2.75, 3.05) is 6.54 Å². The fraction of sp³-hybridized carbons (Fsp3) is 0.553. The Morgan fingerprint density at radius 1 is 1.09 bits per heavy atom. The van der Waals surface area contributed by atoms with E-state index in [0.29, 0.717) is 36.1 Å². The number of nitrogens with zero attached hydrogens (tertiary/aromatic N) is 2. The average molecular weight is 786 g/mol. The van der Waals surface area contributed by atoms with E-state index in [1.165, 1.54) is 21.9 Å². The standard InChI is InChI=1S/C38H48FN5O10S/c1-23-15-16-31(52-23)55(50,51)42-34(47)38-18-26(38)13-8-6-5-7-9-14-29(40-35(48)54-37(2,3)4)33(46)44-21-27(17-30(44)32(45)41-38)53-36(49)43-20-25-12-10-11-24(19-39)28(25)22-43/h8,10-13,15-16,26-27,29-30H,5-7,9,14,17-22H2,1-4H3,(H,40,48)(H,41,45)(H,42,47)/b13-8-/t26-,27-,29+,30+,38-/m1/s1. The first-order chi connectivity index (χ1) is 26.0. The largest absolute Gasteiger partial charge is 0.448 e. The second kappa shape index (κ2) is 15.7. The zero-order valence-corrected chi connectivity index (χ0v) is 32.2. The molecule has 4 heterocycles. The average Bonchev–Trinajstić information content (AvgIpc) is 3.48. The van der Waals surface area contributed by atoms with Crippen molar-refractivity contribution in [3.63, 3.8) is 0 Å². The SMILES string of the molecule is Cc1ccc(S(=O)(=O)NC(=O)[C@@]23C[C@H]2/C=C\CCCCC[C@H](NC(=O)OC(C)(C)C)C(=O)N2C[C@H](OC(=O)N4Cc5cccc(CF)c5C4)C[C@H]2C(=O)N3)o1. The van der Waals surface area contributed by atoms with Crippen LogP contribution in [0.1, 0.15) is 88.2 Å². The minimum atomic E-state index is -4.44. The maximum Gasteiger partial charge on any atom is 0.410 e. The second-order valence-electron chi connectivity index (χ2n) is 15.6. The van der Waals surface area contributed by atoms with E-state index in [1.807, 2.05) is 12.1 Å². The Morgan fingerprint density at radius 3 is 2.58 bits per heavy atom. The predicted octanol–water partition coefficient (Wildman–Crippen LogP) is 4.27. The zero-order valence-electron chi connectivity index (χ0n) is 31.4. The third-order valence-electron chi connectivity index (χ3n) is 10.3. The molecule has 298 valence electrons. The molecular weight excluding hydrogens is 738 g/mol. The van der Waals surface area contributed by atoms with Gasteiger partial charge in [0.2, 0.25) is 16.9 Å². The quantitative estimate of drug-likeness (QED) is 0.356. The number of alkyl carbamates (subject to hydrolysis) is 1. The predicted molar refractivity (Wildman–Crippen MR) is 194 cm³/mol. The summed E-state index contributed by atoms with van der Waals surface area (Å²) in [5.74, 6) is -2.59. The molecule has 6 rings (SSSR count). The number of ether oxygens (including phenoxy) is 2. The van der Waals surface area contributed by atoms with E-state index in [9.17, 15) is 36.8 Å². The van der Waals surface area contributed by atoms with Crippen LogP contribution in [-0.4, -0.2) is 84.0 Å². The summed E-state index contributed by atoms with van der Waals surface area (Å²) in [6.07, 6.45) is 3.93. The van der Waals surface area contributed by atoms with Gasteiger partial charge in [0.15, 0.2) is 0 Å². The van der Waals surface area contributed by atoms with Crippen molar-refractivity contribution in [3.8, 4) is 0 Å². The monoisotopic (exact) mass is 785 g/mol. The molecule has 2 aromatic rings. The molecule has 5 amide bonds. The second-order valence-corrected chi connectivity index (χ2v) is 17.2. The molecule has 3 N–H and O–H groups in total. The van der Waals surface area contributed by atoms with Crippen molar-refractivity contribution in [1.82, 2.24) is 25.2 Å². The van der Waals surface area contributed by atoms with Gasteiger partial charge in [0.1, 0.15) is 41.8 Å². The lowest BCUT2D eigenvalue weighted by Gasteiger charge is -2.30. The van der Waals surface area contributed by atoms with Crippen LogP contribution in [0.3, 0.4) is 0 Å². The van der Waals surface area contributed by atoms with Crippen molar-refractivity contribution in [3.05, 3.63) is 64.9 Å². The fourth-order valence-corrected chi connectivity index (χ4v) is 8.41. The van der Waals surface area contributed by atoms with Gasteiger partial charge < -0.3 is 29.4 Å². The maximum atomic E-state index is 14.4. The van der Waals surface area contributed by atoms with Crippen LogP contribution in [-0.2, 0) is 53.6 Å². The van der Waals surface area contributed by atoms with Crippen molar-refractivity contribution >= 4 is 39.9 Å². The topological polar surface area (TPSA) is 194 Å². The Morgan fingerprint density at radius 2 is 1.87 bits per heavy atom. The minimum absolute atomic E-state index is 0.0894. The number of fused-ring (bicyclic) bond motifs is 3. The first-order valence-electron chi connectivity index (χ1n) is 18.5. The maximum absolute atomic E-state index is 14.4. The van der Waals surface area contributed by atoms with E-state index < -0.39 is 86.9 Å². The number of allylic oxidation sites excluding steroid dienone is 1. The van der Waals surface area contributed by atoms with E-state index in [-0.39, 0.29) is 38.9 Å². The molecular formula is C38H48FN5O10S. The highest BCUT2D eigenvalue weighted by Gasteiger charge is 2.62. The smallest absolute Gasteiger partial charge is 0.410 e.